The number of hydrogen-bond donors (Lipinski definition) is 1. The van der Waals surface area contributed by atoms with Crippen molar-refractivity contribution < 1.29 is 9.53 Å². The van der Waals surface area contributed by atoms with Crippen LogP contribution < -0.4 is 21.3 Å². The molecule has 0 aliphatic rings. The molecular formula is C19H20N4O4. The fourth-order valence-electron chi connectivity index (χ4n) is 2.90. The highest BCUT2D eigenvalue weighted by atomic mass is 16.5. The molecule has 0 saturated carbocycles. The van der Waals surface area contributed by atoms with Gasteiger partial charge in [-0.1, -0.05) is 12.1 Å². The van der Waals surface area contributed by atoms with E-state index in [4.69, 9.17) is 4.74 Å². The molecule has 8 heteroatoms. The topological polar surface area (TPSA) is 95.2 Å². The Balaban J connectivity index is 1.87. The van der Waals surface area contributed by atoms with Crippen LogP contribution in [0.4, 0.5) is 5.69 Å². The molecule has 1 amide bonds. The van der Waals surface area contributed by atoms with Crippen molar-refractivity contribution >= 4 is 22.6 Å². The third-order valence-corrected chi connectivity index (χ3v) is 4.41. The van der Waals surface area contributed by atoms with E-state index < -0.39 is 11.2 Å². The van der Waals surface area contributed by atoms with Gasteiger partial charge in [0.1, 0.15) is 11.4 Å². The van der Waals surface area contributed by atoms with Crippen LogP contribution in [0.25, 0.3) is 11.0 Å². The quantitative estimate of drug-likeness (QED) is 0.745. The van der Waals surface area contributed by atoms with Gasteiger partial charge in [0, 0.05) is 14.1 Å². The van der Waals surface area contributed by atoms with Gasteiger partial charge in [-0.2, -0.15) is 0 Å². The smallest absolute Gasteiger partial charge is 0.332 e. The van der Waals surface area contributed by atoms with E-state index >= 15 is 0 Å². The minimum absolute atomic E-state index is 0.153. The van der Waals surface area contributed by atoms with E-state index in [0.29, 0.717) is 5.69 Å². The van der Waals surface area contributed by atoms with Crippen molar-refractivity contribution in [3.05, 3.63) is 62.4 Å². The number of ether oxygens (including phenoxy) is 1. The Hall–Kier alpha value is -3.42. The summed E-state index contributed by atoms with van der Waals surface area (Å²) in [5.74, 6) is 0.473. The molecule has 27 heavy (non-hydrogen) atoms. The number of nitrogens with one attached hydrogen (secondary N) is 1. The maximum Gasteiger partial charge on any atom is 0.332 e. The van der Waals surface area contributed by atoms with Crippen molar-refractivity contribution in [2.24, 2.45) is 14.1 Å². The predicted octanol–water partition coefficient (Wildman–Crippen LogP) is 1.13. The fraction of sp³-hybridized carbons (Fsp3) is 0.263. The zero-order chi connectivity index (χ0) is 19.7. The summed E-state index contributed by atoms with van der Waals surface area (Å²) in [7, 11) is 4.53. The Morgan fingerprint density at radius 3 is 2.63 bits per heavy atom. The van der Waals surface area contributed by atoms with Gasteiger partial charge in [-0.25, -0.2) is 9.78 Å². The highest BCUT2D eigenvalue weighted by Gasteiger charge is 2.12. The molecule has 2 heterocycles. The first kappa shape index (κ1) is 18.4. The van der Waals surface area contributed by atoms with Crippen LogP contribution in [0, 0.1) is 6.92 Å². The van der Waals surface area contributed by atoms with E-state index in [1.807, 2.05) is 25.1 Å². The SMILES string of the molecule is COc1cc(CC(=O)Nc2cnc3c(c2)c(=O)n(C)c(=O)n3C)ccc1C. The minimum atomic E-state index is -0.458. The van der Waals surface area contributed by atoms with Crippen LogP contribution >= 0.6 is 0 Å². The van der Waals surface area contributed by atoms with Crippen LogP contribution in [-0.4, -0.2) is 27.1 Å². The largest absolute Gasteiger partial charge is 0.496 e. The van der Waals surface area contributed by atoms with Crippen molar-refractivity contribution in [3.8, 4) is 5.75 Å². The third kappa shape index (κ3) is 3.46. The summed E-state index contributed by atoms with van der Waals surface area (Å²) in [4.78, 5) is 40.8. The van der Waals surface area contributed by atoms with Gasteiger partial charge < -0.3 is 10.1 Å². The highest BCUT2D eigenvalue weighted by molar-refractivity contribution is 5.93. The van der Waals surface area contributed by atoms with Crippen LogP contribution in [0.1, 0.15) is 11.1 Å². The number of amides is 1. The lowest BCUT2D eigenvalue weighted by Gasteiger charge is -2.10. The van der Waals surface area contributed by atoms with Gasteiger partial charge in [-0.3, -0.25) is 18.7 Å². The molecular weight excluding hydrogens is 348 g/mol. The molecule has 0 unspecified atom stereocenters. The number of fused-ring (bicyclic) bond motifs is 1. The Morgan fingerprint density at radius 2 is 1.93 bits per heavy atom. The standard InChI is InChI=1S/C19H20N4O4/c1-11-5-6-12(7-15(11)27-4)8-16(24)21-13-9-14-17(20-10-13)22(2)19(26)23(3)18(14)25/h5-7,9-10H,8H2,1-4H3,(H,21,24). The molecule has 0 aliphatic carbocycles. The summed E-state index contributed by atoms with van der Waals surface area (Å²) < 4.78 is 7.57. The van der Waals surface area contributed by atoms with Gasteiger partial charge >= 0.3 is 5.69 Å². The van der Waals surface area contributed by atoms with Crippen LogP contribution in [-0.2, 0) is 25.3 Å². The summed E-state index contributed by atoms with van der Waals surface area (Å²) in [5, 5.41) is 3.00. The maximum atomic E-state index is 12.4. The van der Waals surface area contributed by atoms with Gasteiger partial charge in [0.25, 0.3) is 5.56 Å². The van der Waals surface area contributed by atoms with Crippen molar-refractivity contribution in [2.45, 2.75) is 13.3 Å². The lowest BCUT2D eigenvalue weighted by atomic mass is 10.1. The van der Waals surface area contributed by atoms with Gasteiger partial charge in [-0.05, 0) is 30.2 Å². The molecule has 1 N–H and O–H groups in total. The number of carbonyl (C=O) groups excluding carboxylic acids is 1. The molecule has 0 saturated heterocycles. The van der Waals surface area contributed by atoms with Gasteiger partial charge in [0.05, 0.1) is 30.8 Å². The second-order valence-electron chi connectivity index (χ2n) is 6.33. The van der Waals surface area contributed by atoms with Crippen LogP contribution in [0.3, 0.4) is 0 Å². The van der Waals surface area contributed by atoms with E-state index in [1.54, 1.807) is 14.2 Å². The normalized spacial score (nSPS) is 10.8. The summed E-state index contributed by atoms with van der Waals surface area (Å²) in [6.07, 6.45) is 1.58. The average molecular weight is 368 g/mol. The van der Waals surface area contributed by atoms with Crippen molar-refractivity contribution in [1.82, 2.24) is 14.1 Å². The lowest BCUT2D eigenvalue weighted by molar-refractivity contribution is -0.115. The van der Waals surface area contributed by atoms with E-state index in [9.17, 15) is 14.4 Å². The summed E-state index contributed by atoms with van der Waals surface area (Å²) in [6, 6.07) is 7.10. The van der Waals surface area contributed by atoms with Crippen LogP contribution in [0.15, 0.2) is 40.1 Å². The number of pyridine rings is 1. The molecule has 0 spiro atoms. The van der Waals surface area contributed by atoms with Crippen molar-refractivity contribution in [1.29, 1.82) is 0 Å². The Kier molecular flexibility index (Phi) is 4.81. The third-order valence-electron chi connectivity index (χ3n) is 4.41. The van der Waals surface area contributed by atoms with Crippen molar-refractivity contribution in [2.75, 3.05) is 12.4 Å². The number of nitrogens with zero attached hydrogens (tertiary/aromatic N) is 3. The first-order chi connectivity index (χ1) is 12.8. The molecule has 1 aromatic carbocycles. The lowest BCUT2D eigenvalue weighted by Crippen LogP contribution is -2.37. The average Bonchev–Trinajstić information content (AvgIpc) is 2.66. The number of anilines is 1. The molecule has 2 aromatic heterocycles. The molecule has 0 radical (unpaired) electrons. The first-order valence-corrected chi connectivity index (χ1v) is 8.31. The molecule has 0 bridgehead atoms. The van der Waals surface area contributed by atoms with Crippen molar-refractivity contribution in [3.63, 3.8) is 0 Å². The Morgan fingerprint density at radius 1 is 1.19 bits per heavy atom. The molecule has 8 nitrogen and oxygen atoms in total. The monoisotopic (exact) mass is 368 g/mol. The molecule has 3 aromatic rings. The number of hydrogen-bond acceptors (Lipinski definition) is 5. The zero-order valence-corrected chi connectivity index (χ0v) is 15.6. The van der Waals surface area contributed by atoms with E-state index in [0.717, 1.165) is 21.4 Å². The van der Waals surface area contributed by atoms with Crippen LogP contribution in [0.5, 0.6) is 5.75 Å². The number of aryl methyl sites for hydroxylation is 2. The second kappa shape index (κ2) is 7.06. The molecule has 0 aliphatic heterocycles. The minimum Gasteiger partial charge on any atom is -0.496 e. The Labute approximate surface area is 155 Å². The molecule has 0 atom stereocenters. The fourth-order valence-corrected chi connectivity index (χ4v) is 2.90. The second-order valence-corrected chi connectivity index (χ2v) is 6.33. The van der Waals surface area contributed by atoms with E-state index in [-0.39, 0.29) is 23.4 Å². The maximum absolute atomic E-state index is 12.4. The predicted molar refractivity (Wildman–Crippen MR) is 102 cm³/mol. The van der Waals surface area contributed by atoms with Gasteiger partial charge in [-0.15, -0.1) is 0 Å². The molecule has 0 fully saturated rings. The van der Waals surface area contributed by atoms with Gasteiger partial charge in [0.15, 0.2) is 0 Å². The van der Waals surface area contributed by atoms with Gasteiger partial charge in [0.2, 0.25) is 5.91 Å². The molecule has 140 valence electrons. The number of rotatable bonds is 4. The highest BCUT2D eigenvalue weighted by Crippen LogP contribution is 2.20. The number of methoxy groups -OCH3 is 1. The first-order valence-electron chi connectivity index (χ1n) is 8.31. The van der Waals surface area contributed by atoms with Crippen LogP contribution in [0.2, 0.25) is 0 Å². The van der Waals surface area contributed by atoms with E-state index in [2.05, 4.69) is 10.3 Å². The summed E-state index contributed by atoms with van der Waals surface area (Å²) in [6.45, 7) is 1.93. The zero-order valence-electron chi connectivity index (χ0n) is 15.6. The number of carbonyl (C=O) groups is 1. The number of benzene rings is 1. The van der Waals surface area contributed by atoms with E-state index in [1.165, 1.54) is 23.9 Å². The number of aromatic nitrogens is 3. The Bertz CT molecular complexity index is 1160. The summed E-state index contributed by atoms with van der Waals surface area (Å²) in [5.41, 5.74) is 1.54. The summed E-state index contributed by atoms with van der Waals surface area (Å²) >= 11 is 0. The molecule has 3 rings (SSSR count).